The lowest BCUT2D eigenvalue weighted by atomic mass is 10.1. The molecule has 3 heterocycles. The molecule has 0 aliphatic heterocycles. The zero-order valence-electron chi connectivity index (χ0n) is 14.0. The third kappa shape index (κ3) is 2.14. The van der Waals surface area contributed by atoms with Gasteiger partial charge in [0.15, 0.2) is 5.69 Å². The van der Waals surface area contributed by atoms with Crippen molar-refractivity contribution < 1.29 is 9.53 Å². The summed E-state index contributed by atoms with van der Waals surface area (Å²) in [6, 6.07) is 20.6. The van der Waals surface area contributed by atoms with Crippen LogP contribution in [0.4, 0.5) is 0 Å². The number of benzene rings is 2. The fourth-order valence-electron chi connectivity index (χ4n) is 3.42. The average molecular weight is 358 g/mol. The van der Waals surface area contributed by atoms with Gasteiger partial charge in [-0.25, -0.2) is 9.78 Å². The summed E-state index contributed by atoms with van der Waals surface area (Å²) >= 11 is 1.75. The van der Waals surface area contributed by atoms with Gasteiger partial charge < -0.3 is 4.74 Å². The molecule has 26 heavy (non-hydrogen) atoms. The number of rotatable bonds is 2. The maximum absolute atomic E-state index is 12.0. The van der Waals surface area contributed by atoms with Crippen LogP contribution in [-0.2, 0) is 4.74 Å². The number of para-hydroxylation sites is 1. The standard InChI is InChI=1S/C21H14N2O2S/c1-25-21(24)15-11-17-20(19-10-13-6-2-5-9-18(13)26-19)14-7-3-4-8-16(14)23(17)12-22-15/h2-12H,1H3. The molecule has 0 aliphatic rings. The lowest BCUT2D eigenvalue weighted by molar-refractivity contribution is 0.0594. The van der Waals surface area contributed by atoms with E-state index < -0.39 is 5.97 Å². The Bertz CT molecular complexity index is 1270. The van der Waals surface area contributed by atoms with Crippen molar-refractivity contribution in [1.29, 1.82) is 0 Å². The van der Waals surface area contributed by atoms with Crippen molar-refractivity contribution in [2.45, 2.75) is 0 Å². The molecule has 0 unspecified atom stereocenters. The van der Waals surface area contributed by atoms with Gasteiger partial charge >= 0.3 is 5.97 Å². The molecule has 0 aliphatic carbocycles. The lowest BCUT2D eigenvalue weighted by Crippen LogP contribution is -2.05. The molecule has 126 valence electrons. The first-order valence-corrected chi connectivity index (χ1v) is 9.04. The second kappa shape index (κ2) is 5.68. The number of esters is 1. The largest absolute Gasteiger partial charge is 0.464 e. The molecule has 2 aromatic carbocycles. The molecular formula is C21H14N2O2S. The third-order valence-corrected chi connectivity index (χ3v) is 5.73. The topological polar surface area (TPSA) is 43.6 Å². The summed E-state index contributed by atoms with van der Waals surface area (Å²) in [5.41, 5.74) is 3.45. The van der Waals surface area contributed by atoms with E-state index >= 15 is 0 Å². The van der Waals surface area contributed by atoms with Crippen molar-refractivity contribution in [2.24, 2.45) is 0 Å². The van der Waals surface area contributed by atoms with Crippen molar-refractivity contribution in [3.63, 3.8) is 0 Å². The van der Waals surface area contributed by atoms with Crippen LogP contribution >= 0.6 is 11.3 Å². The molecule has 0 fully saturated rings. The van der Waals surface area contributed by atoms with Gasteiger partial charge in [0.2, 0.25) is 0 Å². The molecule has 0 saturated heterocycles. The highest BCUT2D eigenvalue weighted by Crippen LogP contribution is 2.41. The second-order valence-electron chi connectivity index (χ2n) is 6.06. The summed E-state index contributed by atoms with van der Waals surface area (Å²) in [6.45, 7) is 0. The zero-order valence-corrected chi connectivity index (χ0v) is 14.8. The summed E-state index contributed by atoms with van der Waals surface area (Å²) in [5.74, 6) is -0.431. The molecule has 4 nitrogen and oxygen atoms in total. The Morgan fingerprint density at radius 2 is 1.85 bits per heavy atom. The SMILES string of the molecule is COC(=O)c1cc2c(-c3cc4ccccc4s3)c3ccccc3n2cn1. The highest BCUT2D eigenvalue weighted by Gasteiger charge is 2.18. The number of carbonyl (C=O) groups is 1. The number of methoxy groups -OCH3 is 1. The van der Waals surface area contributed by atoms with Crippen LogP contribution < -0.4 is 0 Å². The minimum atomic E-state index is -0.431. The molecule has 0 spiro atoms. The van der Waals surface area contributed by atoms with E-state index in [1.54, 1.807) is 17.7 Å². The number of nitrogens with zero attached hydrogens (tertiary/aromatic N) is 2. The maximum Gasteiger partial charge on any atom is 0.356 e. The van der Waals surface area contributed by atoms with Gasteiger partial charge in [-0.05, 0) is 29.7 Å². The summed E-state index contributed by atoms with van der Waals surface area (Å²) in [5, 5.41) is 2.36. The van der Waals surface area contributed by atoms with Crippen LogP contribution in [0.25, 0.3) is 36.9 Å². The van der Waals surface area contributed by atoms with Gasteiger partial charge in [-0.15, -0.1) is 11.3 Å². The van der Waals surface area contributed by atoms with Crippen molar-refractivity contribution >= 4 is 43.8 Å². The Morgan fingerprint density at radius 3 is 2.69 bits per heavy atom. The fraction of sp³-hybridized carbons (Fsp3) is 0.0476. The maximum atomic E-state index is 12.0. The van der Waals surface area contributed by atoms with Crippen LogP contribution in [0.2, 0.25) is 0 Å². The van der Waals surface area contributed by atoms with Gasteiger partial charge in [0, 0.05) is 20.5 Å². The molecule has 5 rings (SSSR count). The summed E-state index contributed by atoms with van der Waals surface area (Å²) in [7, 11) is 1.37. The van der Waals surface area contributed by atoms with E-state index in [2.05, 4.69) is 41.4 Å². The van der Waals surface area contributed by atoms with Crippen molar-refractivity contribution in [3.05, 3.63) is 72.7 Å². The van der Waals surface area contributed by atoms with Gasteiger partial charge in [0.05, 0.1) is 18.1 Å². The van der Waals surface area contributed by atoms with Crippen molar-refractivity contribution in [3.8, 4) is 10.4 Å². The normalized spacial score (nSPS) is 11.4. The summed E-state index contributed by atoms with van der Waals surface area (Å²) in [6.07, 6.45) is 1.70. The van der Waals surface area contributed by atoms with E-state index in [-0.39, 0.29) is 0 Å². The van der Waals surface area contributed by atoms with Crippen LogP contribution in [0.3, 0.4) is 0 Å². The molecule has 0 radical (unpaired) electrons. The van der Waals surface area contributed by atoms with Crippen LogP contribution in [0.15, 0.2) is 67.0 Å². The Hall–Kier alpha value is -3.18. The number of aromatic nitrogens is 2. The Labute approximate surface area is 153 Å². The average Bonchev–Trinajstić information content (AvgIpc) is 3.25. The molecule has 3 aromatic heterocycles. The van der Waals surface area contributed by atoms with Crippen molar-refractivity contribution in [1.82, 2.24) is 9.38 Å². The van der Waals surface area contributed by atoms with Crippen LogP contribution in [0, 0.1) is 0 Å². The molecule has 0 saturated carbocycles. The molecule has 0 bridgehead atoms. The number of hydrogen-bond donors (Lipinski definition) is 0. The summed E-state index contributed by atoms with van der Waals surface area (Å²) < 4.78 is 8.12. The predicted molar refractivity (Wildman–Crippen MR) is 105 cm³/mol. The van der Waals surface area contributed by atoms with Crippen LogP contribution in [0.1, 0.15) is 10.5 Å². The molecule has 5 heteroatoms. The van der Waals surface area contributed by atoms with Gasteiger partial charge in [0.25, 0.3) is 0 Å². The van der Waals surface area contributed by atoms with E-state index in [4.69, 9.17) is 4.74 Å². The minimum Gasteiger partial charge on any atom is -0.464 e. The van der Waals surface area contributed by atoms with E-state index in [1.807, 2.05) is 28.7 Å². The van der Waals surface area contributed by atoms with Crippen LogP contribution in [0.5, 0.6) is 0 Å². The first kappa shape index (κ1) is 15.1. The van der Waals surface area contributed by atoms with Gasteiger partial charge in [-0.1, -0.05) is 36.4 Å². The van der Waals surface area contributed by atoms with E-state index in [9.17, 15) is 4.79 Å². The van der Waals surface area contributed by atoms with Gasteiger partial charge in [-0.2, -0.15) is 0 Å². The third-order valence-electron chi connectivity index (χ3n) is 4.60. The predicted octanol–water partition coefficient (Wildman–Crippen LogP) is 5.16. The number of ether oxygens (including phenoxy) is 1. The second-order valence-corrected chi connectivity index (χ2v) is 7.15. The first-order valence-electron chi connectivity index (χ1n) is 8.22. The lowest BCUT2D eigenvalue weighted by Gasteiger charge is -2.02. The van der Waals surface area contributed by atoms with E-state index in [0.29, 0.717) is 5.69 Å². The monoisotopic (exact) mass is 358 g/mol. The number of hydrogen-bond acceptors (Lipinski definition) is 4. The fourth-order valence-corrected chi connectivity index (χ4v) is 4.55. The van der Waals surface area contributed by atoms with Gasteiger partial charge in [-0.3, -0.25) is 4.40 Å². The molecule has 0 atom stereocenters. The first-order chi connectivity index (χ1) is 12.8. The van der Waals surface area contributed by atoms with E-state index in [1.165, 1.54) is 22.1 Å². The number of carbonyl (C=O) groups excluding carboxylic acids is 1. The molecule has 0 N–H and O–H groups in total. The Balaban J connectivity index is 1.89. The smallest absolute Gasteiger partial charge is 0.356 e. The van der Waals surface area contributed by atoms with Crippen molar-refractivity contribution in [2.75, 3.05) is 7.11 Å². The zero-order chi connectivity index (χ0) is 17.7. The summed E-state index contributed by atoms with van der Waals surface area (Å²) in [4.78, 5) is 17.4. The van der Waals surface area contributed by atoms with E-state index in [0.717, 1.165) is 22.0 Å². The molecule has 0 amide bonds. The molecule has 5 aromatic rings. The Morgan fingerprint density at radius 1 is 1.04 bits per heavy atom. The Kier molecular flexibility index (Phi) is 3.30. The minimum absolute atomic E-state index is 0.310. The quantitative estimate of drug-likeness (QED) is 0.410. The number of thiophene rings is 1. The van der Waals surface area contributed by atoms with Gasteiger partial charge in [0.1, 0.15) is 6.33 Å². The highest BCUT2D eigenvalue weighted by atomic mass is 32.1. The van der Waals surface area contributed by atoms with Crippen LogP contribution in [-0.4, -0.2) is 22.5 Å². The number of fused-ring (bicyclic) bond motifs is 4. The highest BCUT2D eigenvalue weighted by molar-refractivity contribution is 7.22. The molecular weight excluding hydrogens is 344 g/mol.